The minimum absolute atomic E-state index is 0. The fourth-order valence-electron chi connectivity index (χ4n) is 1.80. The predicted octanol–water partition coefficient (Wildman–Crippen LogP) is 2.50. The minimum Gasteiger partial charge on any atom is -0.335 e. The Labute approximate surface area is 114 Å². The summed E-state index contributed by atoms with van der Waals surface area (Å²) in [6.07, 6.45) is 0. The third kappa shape index (κ3) is 3.96. The number of amides is 1. The molecule has 18 heavy (non-hydrogen) atoms. The number of halogens is 2. The predicted molar refractivity (Wildman–Crippen MR) is 73.1 cm³/mol. The van der Waals surface area contributed by atoms with E-state index >= 15 is 0 Å². The van der Waals surface area contributed by atoms with Crippen LogP contribution in [0.1, 0.15) is 32.4 Å². The van der Waals surface area contributed by atoms with Crippen LogP contribution in [0.2, 0.25) is 0 Å². The molecule has 0 aliphatic carbocycles. The highest BCUT2D eigenvalue weighted by atomic mass is 35.5. The summed E-state index contributed by atoms with van der Waals surface area (Å²) in [4.78, 5) is 13.6. The second-order valence-corrected chi connectivity index (χ2v) is 4.14. The largest absolute Gasteiger partial charge is 0.335 e. The van der Waals surface area contributed by atoms with Crippen molar-refractivity contribution in [2.24, 2.45) is 5.73 Å². The molecule has 1 rings (SSSR count). The van der Waals surface area contributed by atoms with E-state index in [0.717, 1.165) is 5.56 Å². The van der Waals surface area contributed by atoms with Gasteiger partial charge in [0.25, 0.3) is 0 Å². The van der Waals surface area contributed by atoms with Crippen LogP contribution in [0.5, 0.6) is 0 Å². The van der Waals surface area contributed by atoms with E-state index in [1.54, 1.807) is 24.0 Å². The summed E-state index contributed by atoms with van der Waals surface area (Å²) in [6, 6.07) is 5.57. The summed E-state index contributed by atoms with van der Waals surface area (Å²) in [5, 5.41) is 0. The van der Waals surface area contributed by atoms with Gasteiger partial charge in [-0.25, -0.2) is 4.39 Å². The Morgan fingerprint density at radius 1 is 1.33 bits per heavy atom. The average molecular weight is 275 g/mol. The van der Waals surface area contributed by atoms with Crippen LogP contribution in [0.3, 0.4) is 0 Å². The van der Waals surface area contributed by atoms with Crippen LogP contribution >= 0.6 is 12.4 Å². The van der Waals surface area contributed by atoms with Crippen molar-refractivity contribution in [2.75, 3.05) is 6.54 Å². The summed E-state index contributed by atoms with van der Waals surface area (Å²) < 4.78 is 12.8. The van der Waals surface area contributed by atoms with Crippen LogP contribution < -0.4 is 5.73 Å². The lowest BCUT2D eigenvalue weighted by Crippen LogP contribution is -2.43. The zero-order valence-corrected chi connectivity index (χ0v) is 11.7. The first-order valence-corrected chi connectivity index (χ1v) is 5.78. The Balaban J connectivity index is 0.00000289. The highest BCUT2D eigenvalue weighted by Crippen LogP contribution is 2.20. The van der Waals surface area contributed by atoms with Crippen molar-refractivity contribution in [3.8, 4) is 0 Å². The lowest BCUT2D eigenvalue weighted by Gasteiger charge is -2.29. The summed E-state index contributed by atoms with van der Waals surface area (Å²) in [7, 11) is 0. The molecular formula is C13H20ClFN2O. The van der Waals surface area contributed by atoms with E-state index in [1.165, 1.54) is 12.1 Å². The topological polar surface area (TPSA) is 46.3 Å². The van der Waals surface area contributed by atoms with E-state index in [-0.39, 0.29) is 30.2 Å². The minimum atomic E-state index is -0.516. The number of hydrogen-bond acceptors (Lipinski definition) is 2. The van der Waals surface area contributed by atoms with E-state index in [0.29, 0.717) is 6.54 Å². The van der Waals surface area contributed by atoms with Gasteiger partial charge in [0.15, 0.2) is 0 Å². The van der Waals surface area contributed by atoms with Crippen LogP contribution in [-0.2, 0) is 4.79 Å². The molecule has 0 aromatic heterocycles. The summed E-state index contributed by atoms with van der Waals surface area (Å²) in [6.45, 7) is 6.07. The molecule has 0 fully saturated rings. The van der Waals surface area contributed by atoms with Gasteiger partial charge >= 0.3 is 0 Å². The number of hydrogen-bond donors (Lipinski definition) is 1. The smallest absolute Gasteiger partial charge is 0.239 e. The number of nitrogens with two attached hydrogens (primary N) is 1. The van der Waals surface area contributed by atoms with Crippen LogP contribution in [-0.4, -0.2) is 23.4 Å². The normalized spacial score (nSPS) is 13.4. The summed E-state index contributed by atoms with van der Waals surface area (Å²) in [5.41, 5.74) is 6.51. The summed E-state index contributed by atoms with van der Waals surface area (Å²) >= 11 is 0. The molecule has 0 saturated carbocycles. The molecule has 0 heterocycles. The molecule has 0 aliphatic rings. The fraction of sp³-hybridized carbons (Fsp3) is 0.462. The van der Waals surface area contributed by atoms with E-state index < -0.39 is 6.04 Å². The molecule has 3 nitrogen and oxygen atoms in total. The van der Waals surface area contributed by atoms with E-state index in [9.17, 15) is 9.18 Å². The second kappa shape index (κ2) is 7.34. The molecule has 1 amide bonds. The fourth-order valence-corrected chi connectivity index (χ4v) is 1.80. The van der Waals surface area contributed by atoms with Crippen molar-refractivity contribution >= 4 is 18.3 Å². The first-order chi connectivity index (χ1) is 7.97. The molecule has 0 aliphatic heterocycles. The van der Waals surface area contributed by atoms with Gasteiger partial charge in [-0.2, -0.15) is 0 Å². The number of benzene rings is 1. The molecule has 2 N–H and O–H groups in total. The number of carbonyl (C=O) groups is 1. The van der Waals surface area contributed by atoms with Crippen LogP contribution in [0.15, 0.2) is 24.3 Å². The SMILES string of the molecule is CCN(C(=O)C(C)N)C(C)c1ccc(F)cc1.Cl. The number of nitrogens with zero attached hydrogens (tertiary/aromatic N) is 1. The zero-order chi connectivity index (χ0) is 13.0. The van der Waals surface area contributed by atoms with Crippen molar-refractivity contribution in [3.63, 3.8) is 0 Å². The Kier molecular flexibility index (Phi) is 6.88. The molecule has 0 saturated heterocycles. The molecule has 102 valence electrons. The first-order valence-electron chi connectivity index (χ1n) is 5.78. The van der Waals surface area contributed by atoms with Gasteiger partial charge in [-0.1, -0.05) is 12.1 Å². The Morgan fingerprint density at radius 2 is 1.83 bits per heavy atom. The maximum atomic E-state index is 12.8. The van der Waals surface area contributed by atoms with Gasteiger partial charge in [0, 0.05) is 6.54 Å². The molecule has 2 unspecified atom stereocenters. The van der Waals surface area contributed by atoms with Crippen molar-refractivity contribution in [1.29, 1.82) is 0 Å². The van der Waals surface area contributed by atoms with E-state index in [2.05, 4.69) is 0 Å². The number of likely N-dealkylation sites (N-methyl/N-ethyl adjacent to an activating group) is 1. The Morgan fingerprint density at radius 3 is 2.22 bits per heavy atom. The molecule has 0 spiro atoms. The molecule has 5 heteroatoms. The van der Waals surface area contributed by atoms with E-state index in [4.69, 9.17) is 5.73 Å². The summed E-state index contributed by atoms with van der Waals surface area (Å²) in [5.74, 6) is -0.369. The molecule has 0 radical (unpaired) electrons. The molecule has 2 atom stereocenters. The van der Waals surface area contributed by atoms with Crippen molar-refractivity contribution < 1.29 is 9.18 Å². The molecule has 0 bridgehead atoms. The van der Waals surface area contributed by atoms with Gasteiger partial charge in [-0.05, 0) is 38.5 Å². The Hall–Kier alpha value is -1.13. The highest BCUT2D eigenvalue weighted by Gasteiger charge is 2.22. The molecular weight excluding hydrogens is 255 g/mol. The monoisotopic (exact) mass is 274 g/mol. The van der Waals surface area contributed by atoms with Crippen LogP contribution in [0.25, 0.3) is 0 Å². The highest BCUT2D eigenvalue weighted by molar-refractivity contribution is 5.85. The van der Waals surface area contributed by atoms with Crippen LogP contribution in [0, 0.1) is 5.82 Å². The lowest BCUT2D eigenvalue weighted by molar-refractivity contribution is -0.134. The van der Waals surface area contributed by atoms with Crippen LogP contribution in [0.4, 0.5) is 4.39 Å². The number of rotatable bonds is 4. The quantitative estimate of drug-likeness (QED) is 0.917. The average Bonchev–Trinajstić information content (AvgIpc) is 2.30. The van der Waals surface area contributed by atoms with Gasteiger partial charge in [-0.3, -0.25) is 4.79 Å². The number of carbonyl (C=O) groups excluding carboxylic acids is 1. The van der Waals surface area contributed by atoms with Crippen molar-refractivity contribution in [1.82, 2.24) is 4.90 Å². The Bertz CT molecular complexity index is 381. The zero-order valence-electron chi connectivity index (χ0n) is 10.9. The third-order valence-corrected chi connectivity index (χ3v) is 2.83. The molecule has 1 aromatic rings. The maximum Gasteiger partial charge on any atom is 0.239 e. The lowest BCUT2D eigenvalue weighted by atomic mass is 10.1. The van der Waals surface area contributed by atoms with Gasteiger partial charge in [0.2, 0.25) is 5.91 Å². The van der Waals surface area contributed by atoms with Gasteiger partial charge in [0.1, 0.15) is 5.82 Å². The first kappa shape index (κ1) is 16.9. The standard InChI is InChI=1S/C13H19FN2O.ClH/c1-4-16(13(17)9(2)15)10(3)11-5-7-12(14)8-6-11;/h5-10H,4,15H2,1-3H3;1H. The maximum absolute atomic E-state index is 12.8. The van der Waals surface area contributed by atoms with Gasteiger partial charge < -0.3 is 10.6 Å². The third-order valence-electron chi connectivity index (χ3n) is 2.83. The second-order valence-electron chi connectivity index (χ2n) is 4.14. The van der Waals surface area contributed by atoms with Gasteiger partial charge in [-0.15, -0.1) is 12.4 Å². The van der Waals surface area contributed by atoms with Gasteiger partial charge in [0.05, 0.1) is 12.1 Å². The van der Waals surface area contributed by atoms with Crippen molar-refractivity contribution in [3.05, 3.63) is 35.6 Å². The molecule has 1 aromatic carbocycles. The van der Waals surface area contributed by atoms with Crippen molar-refractivity contribution in [2.45, 2.75) is 32.9 Å². The van der Waals surface area contributed by atoms with E-state index in [1.807, 2.05) is 13.8 Å².